The third kappa shape index (κ3) is 3.26. The Morgan fingerprint density at radius 3 is 2.58 bits per heavy atom. The van der Waals surface area contributed by atoms with Gasteiger partial charge in [0.15, 0.2) is 0 Å². The molecule has 1 aromatic carbocycles. The smallest absolute Gasteiger partial charge is 0.245 e. The van der Waals surface area contributed by atoms with Crippen molar-refractivity contribution in [2.45, 2.75) is 39.7 Å². The second-order valence-corrected chi connectivity index (χ2v) is 4.82. The molecule has 1 amide bonds. The van der Waals surface area contributed by atoms with Crippen molar-refractivity contribution in [2.75, 3.05) is 23.8 Å². The first-order valence-corrected chi connectivity index (χ1v) is 6.91. The average Bonchev–Trinajstić information content (AvgIpc) is 2.53. The van der Waals surface area contributed by atoms with Crippen molar-refractivity contribution in [3.05, 3.63) is 23.8 Å². The minimum absolute atomic E-state index is 0.0476. The molecular weight excluding hydrogens is 238 g/mol. The van der Waals surface area contributed by atoms with Crippen LogP contribution in [-0.4, -0.2) is 25.5 Å². The third-order valence-electron chi connectivity index (χ3n) is 3.21. The summed E-state index contributed by atoms with van der Waals surface area (Å²) in [4.78, 5) is 13.5. The fourth-order valence-corrected chi connectivity index (χ4v) is 2.02. The summed E-state index contributed by atoms with van der Waals surface area (Å²) in [7, 11) is 1.77. The number of nitrogens with one attached hydrogen (secondary N) is 1. The lowest BCUT2D eigenvalue weighted by Crippen LogP contribution is -2.43. The molecule has 0 bridgehead atoms. The van der Waals surface area contributed by atoms with E-state index in [0.717, 1.165) is 11.4 Å². The maximum Gasteiger partial charge on any atom is 0.245 e. The van der Waals surface area contributed by atoms with E-state index in [-0.39, 0.29) is 5.91 Å². The maximum absolute atomic E-state index is 11.9. The SMILES string of the molecule is CC.CC(C)c1ccc2c(c1)NCC(N)C(=O)N2C. The van der Waals surface area contributed by atoms with Crippen LogP contribution in [0.3, 0.4) is 0 Å². The molecule has 0 saturated carbocycles. The first-order chi connectivity index (χ1) is 9.00. The highest BCUT2D eigenvalue weighted by atomic mass is 16.2. The van der Waals surface area contributed by atoms with Crippen molar-refractivity contribution in [2.24, 2.45) is 5.73 Å². The zero-order valence-electron chi connectivity index (χ0n) is 12.5. The van der Waals surface area contributed by atoms with Crippen LogP contribution in [0.4, 0.5) is 11.4 Å². The topological polar surface area (TPSA) is 58.4 Å². The number of anilines is 2. The van der Waals surface area contributed by atoms with E-state index in [2.05, 4.69) is 31.3 Å². The number of likely N-dealkylation sites (N-methyl/N-ethyl adjacent to an activating group) is 1. The molecule has 0 spiro atoms. The van der Waals surface area contributed by atoms with Gasteiger partial charge in [-0.1, -0.05) is 33.8 Å². The molecule has 4 heteroatoms. The van der Waals surface area contributed by atoms with Gasteiger partial charge in [0, 0.05) is 13.6 Å². The number of rotatable bonds is 1. The number of amides is 1. The van der Waals surface area contributed by atoms with Crippen LogP contribution in [0.25, 0.3) is 0 Å². The van der Waals surface area contributed by atoms with Gasteiger partial charge >= 0.3 is 0 Å². The molecule has 0 fully saturated rings. The number of carbonyl (C=O) groups excluding carboxylic acids is 1. The number of hydrogen-bond acceptors (Lipinski definition) is 3. The van der Waals surface area contributed by atoms with Gasteiger partial charge in [-0.3, -0.25) is 4.79 Å². The molecule has 2 rings (SSSR count). The molecule has 4 nitrogen and oxygen atoms in total. The fraction of sp³-hybridized carbons (Fsp3) is 0.533. The Labute approximate surface area is 116 Å². The lowest BCUT2D eigenvalue weighted by Gasteiger charge is -2.19. The lowest BCUT2D eigenvalue weighted by atomic mass is 10.0. The summed E-state index contributed by atoms with van der Waals surface area (Å²) in [6.45, 7) is 8.79. The first kappa shape index (κ1) is 15.5. The van der Waals surface area contributed by atoms with Crippen LogP contribution < -0.4 is 16.0 Å². The Morgan fingerprint density at radius 2 is 2.00 bits per heavy atom. The van der Waals surface area contributed by atoms with E-state index in [1.165, 1.54) is 5.56 Å². The lowest BCUT2D eigenvalue weighted by molar-refractivity contribution is -0.119. The molecule has 106 valence electrons. The van der Waals surface area contributed by atoms with Crippen molar-refractivity contribution in [1.82, 2.24) is 0 Å². The van der Waals surface area contributed by atoms with Crippen LogP contribution in [-0.2, 0) is 4.79 Å². The molecule has 19 heavy (non-hydrogen) atoms. The number of hydrogen-bond donors (Lipinski definition) is 2. The van der Waals surface area contributed by atoms with Crippen molar-refractivity contribution in [1.29, 1.82) is 0 Å². The molecule has 1 unspecified atom stereocenters. The molecular formula is C15H25N3O. The number of carbonyl (C=O) groups is 1. The average molecular weight is 263 g/mol. The van der Waals surface area contributed by atoms with E-state index < -0.39 is 6.04 Å². The monoisotopic (exact) mass is 263 g/mol. The molecule has 1 aliphatic rings. The van der Waals surface area contributed by atoms with Crippen LogP contribution in [0, 0.1) is 0 Å². The first-order valence-electron chi connectivity index (χ1n) is 6.91. The van der Waals surface area contributed by atoms with Crippen molar-refractivity contribution < 1.29 is 4.79 Å². The van der Waals surface area contributed by atoms with Crippen LogP contribution in [0.5, 0.6) is 0 Å². The standard InChI is InChI=1S/C13H19N3O.C2H6/c1-8(2)9-4-5-12-11(6-9)15-7-10(14)13(17)16(12)3;1-2/h4-6,8,10,15H,7,14H2,1-3H3;1-2H3. The number of nitrogens with zero attached hydrogens (tertiary/aromatic N) is 1. The Morgan fingerprint density at radius 1 is 1.37 bits per heavy atom. The molecule has 0 aromatic heterocycles. The Bertz CT molecular complexity index is 443. The Balaban J connectivity index is 0.000000861. The van der Waals surface area contributed by atoms with Gasteiger partial charge in [0.25, 0.3) is 0 Å². The van der Waals surface area contributed by atoms with Crippen LogP contribution in [0.1, 0.15) is 39.2 Å². The van der Waals surface area contributed by atoms with E-state index in [0.29, 0.717) is 12.5 Å². The largest absolute Gasteiger partial charge is 0.381 e. The van der Waals surface area contributed by atoms with Crippen LogP contribution in [0.2, 0.25) is 0 Å². The summed E-state index contributed by atoms with van der Waals surface area (Å²) in [5.41, 5.74) is 8.93. The van der Waals surface area contributed by atoms with Crippen molar-refractivity contribution in [3.8, 4) is 0 Å². The highest BCUT2D eigenvalue weighted by Gasteiger charge is 2.25. The summed E-state index contributed by atoms with van der Waals surface area (Å²) < 4.78 is 0. The third-order valence-corrected chi connectivity index (χ3v) is 3.21. The number of fused-ring (bicyclic) bond motifs is 1. The molecule has 1 aliphatic heterocycles. The van der Waals surface area contributed by atoms with E-state index in [1.807, 2.05) is 19.9 Å². The van der Waals surface area contributed by atoms with Gasteiger partial charge in [-0.15, -0.1) is 0 Å². The zero-order valence-corrected chi connectivity index (χ0v) is 12.5. The molecule has 1 heterocycles. The summed E-state index contributed by atoms with van der Waals surface area (Å²) in [5, 5.41) is 3.24. The minimum atomic E-state index is -0.477. The normalized spacial score (nSPS) is 18.2. The van der Waals surface area contributed by atoms with Gasteiger partial charge in [0.1, 0.15) is 6.04 Å². The van der Waals surface area contributed by atoms with Gasteiger partial charge in [0.2, 0.25) is 5.91 Å². The highest BCUT2D eigenvalue weighted by Crippen LogP contribution is 2.31. The van der Waals surface area contributed by atoms with Gasteiger partial charge in [-0.25, -0.2) is 0 Å². The van der Waals surface area contributed by atoms with E-state index >= 15 is 0 Å². The molecule has 1 aromatic rings. The Kier molecular flexibility index (Phi) is 5.36. The number of benzene rings is 1. The minimum Gasteiger partial charge on any atom is -0.381 e. The van der Waals surface area contributed by atoms with Crippen molar-refractivity contribution >= 4 is 17.3 Å². The van der Waals surface area contributed by atoms with Gasteiger partial charge in [-0.2, -0.15) is 0 Å². The van der Waals surface area contributed by atoms with Crippen molar-refractivity contribution in [3.63, 3.8) is 0 Å². The van der Waals surface area contributed by atoms with Crippen LogP contribution >= 0.6 is 0 Å². The second-order valence-electron chi connectivity index (χ2n) is 4.82. The predicted molar refractivity (Wildman–Crippen MR) is 81.8 cm³/mol. The summed E-state index contributed by atoms with van der Waals surface area (Å²) in [5.74, 6) is 0.425. The predicted octanol–water partition coefficient (Wildman–Crippen LogP) is 2.55. The van der Waals surface area contributed by atoms with E-state index in [4.69, 9.17) is 5.73 Å². The highest BCUT2D eigenvalue weighted by molar-refractivity contribution is 6.01. The van der Waals surface area contributed by atoms with E-state index in [1.54, 1.807) is 11.9 Å². The second kappa shape index (κ2) is 6.57. The van der Waals surface area contributed by atoms with Gasteiger partial charge in [-0.05, 0) is 23.6 Å². The zero-order chi connectivity index (χ0) is 14.6. The fourth-order valence-electron chi connectivity index (χ4n) is 2.02. The Hall–Kier alpha value is -1.55. The molecule has 0 saturated heterocycles. The summed E-state index contributed by atoms with van der Waals surface area (Å²) in [6.07, 6.45) is 0. The summed E-state index contributed by atoms with van der Waals surface area (Å²) >= 11 is 0. The van der Waals surface area contributed by atoms with Gasteiger partial charge in [0.05, 0.1) is 11.4 Å². The molecule has 0 aliphatic carbocycles. The summed E-state index contributed by atoms with van der Waals surface area (Å²) in [6, 6.07) is 5.66. The van der Waals surface area contributed by atoms with Gasteiger partial charge < -0.3 is 16.0 Å². The quantitative estimate of drug-likeness (QED) is 0.818. The van der Waals surface area contributed by atoms with E-state index in [9.17, 15) is 4.79 Å². The number of nitrogens with two attached hydrogens (primary N) is 1. The molecule has 1 atom stereocenters. The maximum atomic E-state index is 11.9. The van der Waals surface area contributed by atoms with Crippen LogP contribution in [0.15, 0.2) is 18.2 Å². The molecule has 3 N–H and O–H groups in total. The molecule has 0 radical (unpaired) electrons.